The van der Waals surface area contributed by atoms with Crippen molar-refractivity contribution in [1.82, 2.24) is 15.1 Å². The summed E-state index contributed by atoms with van der Waals surface area (Å²) < 4.78 is 5.03. The minimum atomic E-state index is -0.230. The summed E-state index contributed by atoms with van der Waals surface area (Å²) in [5.74, 6) is 0.234. The van der Waals surface area contributed by atoms with E-state index in [0.29, 0.717) is 19.7 Å². The second-order valence-corrected chi connectivity index (χ2v) is 5.70. The van der Waals surface area contributed by atoms with Gasteiger partial charge in [0.1, 0.15) is 0 Å². The Kier molecular flexibility index (Phi) is 5.85. The van der Waals surface area contributed by atoms with Gasteiger partial charge in [0, 0.05) is 25.7 Å². The highest BCUT2D eigenvalue weighted by molar-refractivity contribution is 5.83. The number of likely N-dealkylation sites (N-methyl/N-ethyl adjacent to an activating group) is 1. The number of ether oxygens (including phenoxy) is 1. The van der Waals surface area contributed by atoms with Crippen molar-refractivity contribution in [2.45, 2.75) is 51.6 Å². The molecule has 1 unspecified atom stereocenters. The van der Waals surface area contributed by atoms with E-state index in [1.165, 1.54) is 0 Å². The Hall–Kier alpha value is -1.30. The van der Waals surface area contributed by atoms with Crippen LogP contribution in [-0.2, 0) is 9.53 Å². The summed E-state index contributed by atoms with van der Waals surface area (Å²) in [7, 11) is 0. The van der Waals surface area contributed by atoms with Crippen molar-refractivity contribution in [3.63, 3.8) is 0 Å². The molecule has 2 rings (SSSR count). The molecule has 0 saturated carbocycles. The molecule has 0 aromatic heterocycles. The average molecular weight is 297 g/mol. The molecule has 0 bridgehead atoms. The van der Waals surface area contributed by atoms with Crippen molar-refractivity contribution in [3.05, 3.63) is 0 Å². The minimum absolute atomic E-state index is 0.0214. The van der Waals surface area contributed by atoms with E-state index in [1.54, 1.807) is 4.90 Å². The van der Waals surface area contributed by atoms with E-state index >= 15 is 0 Å². The van der Waals surface area contributed by atoms with Crippen LogP contribution in [0.2, 0.25) is 0 Å². The predicted octanol–water partition coefficient (Wildman–Crippen LogP) is 1.21. The largest absolute Gasteiger partial charge is 0.450 e. The molecule has 0 radical (unpaired) electrons. The fourth-order valence-corrected chi connectivity index (χ4v) is 3.27. The molecule has 120 valence electrons. The molecule has 1 N–H and O–H groups in total. The highest BCUT2D eigenvalue weighted by atomic mass is 16.6. The van der Waals surface area contributed by atoms with Gasteiger partial charge in [-0.15, -0.1) is 0 Å². The third-order valence-electron chi connectivity index (χ3n) is 4.35. The lowest BCUT2D eigenvalue weighted by molar-refractivity contribution is -0.139. The van der Waals surface area contributed by atoms with E-state index in [4.69, 9.17) is 4.74 Å². The Balaban J connectivity index is 1.86. The zero-order valence-corrected chi connectivity index (χ0v) is 13.1. The molecular formula is C15H27N3O3. The van der Waals surface area contributed by atoms with Gasteiger partial charge in [-0.3, -0.25) is 4.79 Å². The molecule has 0 aliphatic carbocycles. The lowest BCUT2D eigenvalue weighted by Gasteiger charge is -2.42. The Morgan fingerprint density at radius 2 is 1.95 bits per heavy atom. The van der Waals surface area contributed by atoms with E-state index in [0.717, 1.165) is 38.8 Å². The van der Waals surface area contributed by atoms with Gasteiger partial charge in [-0.2, -0.15) is 0 Å². The maximum absolute atomic E-state index is 12.5. The first-order valence-electron chi connectivity index (χ1n) is 8.13. The number of hydrogen-bond acceptors (Lipinski definition) is 4. The second-order valence-electron chi connectivity index (χ2n) is 5.70. The number of rotatable bonds is 4. The van der Waals surface area contributed by atoms with Crippen LogP contribution in [0.25, 0.3) is 0 Å². The van der Waals surface area contributed by atoms with Gasteiger partial charge in [0.25, 0.3) is 0 Å². The fourth-order valence-electron chi connectivity index (χ4n) is 3.27. The third-order valence-corrected chi connectivity index (χ3v) is 4.35. The van der Waals surface area contributed by atoms with Crippen molar-refractivity contribution in [2.24, 2.45) is 0 Å². The molecule has 0 spiro atoms. The quantitative estimate of drug-likeness (QED) is 0.847. The third kappa shape index (κ3) is 3.87. The van der Waals surface area contributed by atoms with Crippen molar-refractivity contribution in [2.75, 3.05) is 32.8 Å². The van der Waals surface area contributed by atoms with Crippen LogP contribution in [0.3, 0.4) is 0 Å². The summed E-state index contributed by atoms with van der Waals surface area (Å²) in [6.45, 7) is 7.30. The van der Waals surface area contributed by atoms with Gasteiger partial charge in [-0.05, 0) is 39.2 Å². The Bertz CT molecular complexity index is 365. The first-order valence-corrected chi connectivity index (χ1v) is 8.13. The Labute approximate surface area is 126 Å². The number of likely N-dealkylation sites (tertiary alicyclic amines) is 2. The first kappa shape index (κ1) is 16.1. The minimum Gasteiger partial charge on any atom is -0.450 e. The Morgan fingerprint density at radius 3 is 2.57 bits per heavy atom. The lowest BCUT2D eigenvalue weighted by Crippen LogP contribution is -2.56. The standard InChI is InChI=1S/C15H27N3O3/c1-3-16-13-6-5-9-18(14(13)19)12-7-10-17(11-8-12)15(20)21-4-2/h12-13,16H,3-11H2,1-2H3. The Morgan fingerprint density at radius 1 is 1.24 bits per heavy atom. The molecule has 2 fully saturated rings. The molecule has 2 saturated heterocycles. The maximum Gasteiger partial charge on any atom is 0.409 e. The maximum atomic E-state index is 12.5. The van der Waals surface area contributed by atoms with Crippen molar-refractivity contribution in [3.8, 4) is 0 Å². The van der Waals surface area contributed by atoms with E-state index in [2.05, 4.69) is 5.32 Å². The van der Waals surface area contributed by atoms with Crippen LogP contribution >= 0.6 is 0 Å². The van der Waals surface area contributed by atoms with Gasteiger partial charge in [0.15, 0.2) is 0 Å². The average Bonchev–Trinajstić information content (AvgIpc) is 2.50. The second kappa shape index (κ2) is 7.64. The summed E-state index contributed by atoms with van der Waals surface area (Å²) >= 11 is 0. The number of amides is 2. The summed E-state index contributed by atoms with van der Waals surface area (Å²) in [6, 6.07) is 0.247. The number of carbonyl (C=O) groups excluding carboxylic acids is 2. The lowest BCUT2D eigenvalue weighted by atomic mass is 9.97. The van der Waals surface area contributed by atoms with Gasteiger partial charge in [-0.25, -0.2) is 4.79 Å². The van der Waals surface area contributed by atoms with Crippen LogP contribution in [0.15, 0.2) is 0 Å². The molecule has 0 aromatic rings. The van der Waals surface area contributed by atoms with Gasteiger partial charge >= 0.3 is 6.09 Å². The molecule has 6 heteroatoms. The summed E-state index contributed by atoms with van der Waals surface area (Å²) in [5, 5.41) is 3.27. The van der Waals surface area contributed by atoms with Crippen molar-refractivity contribution < 1.29 is 14.3 Å². The van der Waals surface area contributed by atoms with Crippen LogP contribution in [0, 0.1) is 0 Å². The first-order chi connectivity index (χ1) is 10.2. The monoisotopic (exact) mass is 297 g/mol. The molecule has 1 atom stereocenters. The van der Waals surface area contributed by atoms with Crippen LogP contribution in [0.4, 0.5) is 4.79 Å². The molecule has 0 aromatic carbocycles. The van der Waals surface area contributed by atoms with Crippen LogP contribution in [-0.4, -0.2) is 66.7 Å². The molecule has 6 nitrogen and oxygen atoms in total. The fraction of sp³-hybridized carbons (Fsp3) is 0.867. The number of nitrogens with one attached hydrogen (secondary N) is 1. The van der Waals surface area contributed by atoms with Gasteiger partial charge in [0.2, 0.25) is 5.91 Å². The van der Waals surface area contributed by atoms with Gasteiger partial charge < -0.3 is 19.9 Å². The van der Waals surface area contributed by atoms with E-state index in [-0.39, 0.29) is 24.1 Å². The van der Waals surface area contributed by atoms with E-state index in [9.17, 15) is 9.59 Å². The zero-order valence-electron chi connectivity index (χ0n) is 13.1. The topological polar surface area (TPSA) is 61.9 Å². The zero-order chi connectivity index (χ0) is 15.2. The van der Waals surface area contributed by atoms with Crippen molar-refractivity contribution in [1.29, 1.82) is 0 Å². The van der Waals surface area contributed by atoms with E-state index < -0.39 is 0 Å². The van der Waals surface area contributed by atoms with Crippen LogP contribution in [0.5, 0.6) is 0 Å². The molecule has 2 amide bonds. The van der Waals surface area contributed by atoms with Gasteiger partial charge in [-0.1, -0.05) is 6.92 Å². The predicted molar refractivity (Wildman–Crippen MR) is 80.0 cm³/mol. The number of nitrogens with zero attached hydrogens (tertiary/aromatic N) is 2. The summed E-state index contributed by atoms with van der Waals surface area (Å²) in [4.78, 5) is 28.0. The highest BCUT2D eigenvalue weighted by Gasteiger charge is 2.35. The van der Waals surface area contributed by atoms with E-state index in [1.807, 2.05) is 18.7 Å². The highest BCUT2D eigenvalue weighted by Crippen LogP contribution is 2.22. The number of carbonyl (C=O) groups is 2. The molecular weight excluding hydrogens is 270 g/mol. The number of piperidine rings is 2. The summed E-state index contributed by atoms with van der Waals surface area (Å²) in [5.41, 5.74) is 0. The number of hydrogen-bond donors (Lipinski definition) is 1. The normalized spacial score (nSPS) is 24.3. The van der Waals surface area contributed by atoms with Crippen LogP contribution < -0.4 is 5.32 Å². The SMILES string of the molecule is CCNC1CCCN(C2CCN(C(=O)OCC)CC2)C1=O. The molecule has 2 aliphatic heterocycles. The van der Waals surface area contributed by atoms with Crippen LogP contribution in [0.1, 0.15) is 39.5 Å². The van der Waals surface area contributed by atoms with Gasteiger partial charge in [0.05, 0.1) is 12.6 Å². The smallest absolute Gasteiger partial charge is 0.409 e. The summed E-state index contributed by atoms with van der Waals surface area (Å²) in [6.07, 6.45) is 3.46. The molecule has 2 aliphatic rings. The van der Waals surface area contributed by atoms with Crippen molar-refractivity contribution >= 4 is 12.0 Å². The molecule has 21 heavy (non-hydrogen) atoms. The molecule has 2 heterocycles.